The van der Waals surface area contributed by atoms with E-state index in [0.29, 0.717) is 0 Å². The van der Waals surface area contributed by atoms with Gasteiger partial charge in [0.25, 0.3) is 0 Å². The molecule has 1 atom stereocenters. The van der Waals surface area contributed by atoms with Crippen molar-refractivity contribution >= 4 is 0 Å². The molecule has 96 valence electrons. The van der Waals surface area contributed by atoms with Gasteiger partial charge in [0.1, 0.15) is 0 Å². The number of nitrogens with zero attached hydrogens (tertiary/aromatic N) is 1. The van der Waals surface area contributed by atoms with Crippen LogP contribution in [0.5, 0.6) is 0 Å². The van der Waals surface area contributed by atoms with E-state index in [9.17, 15) is 5.11 Å². The van der Waals surface area contributed by atoms with Crippen molar-refractivity contribution in [3.8, 4) is 0 Å². The number of aliphatic hydroxyl groups excluding tert-OH is 1. The number of hydrogen-bond acceptors (Lipinski definition) is 2. The van der Waals surface area contributed by atoms with Gasteiger partial charge in [0.2, 0.25) is 0 Å². The molecule has 1 saturated heterocycles. The summed E-state index contributed by atoms with van der Waals surface area (Å²) in [5, 5.41) is 10.3. The molecule has 0 aromatic carbocycles. The first kappa shape index (κ1) is 14.0. The molecule has 1 fully saturated rings. The van der Waals surface area contributed by atoms with Crippen LogP contribution in [0.1, 0.15) is 65.7 Å². The zero-order chi connectivity index (χ0) is 12.0. The molecule has 0 radical (unpaired) electrons. The van der Waals surface area contributed by atoms with Crippen LogP contribution in [0.15, 0.2) is 0 Å². The van der Waals surface area contributed by atoms with Crippen molar-refractivity contribution in [3.63, 3.8) is 0 Å². The third kappa shape index (κ3) is 3.74. The second-order valence-corrected chi connectivity index (χ2v) is 5.71. The Labute approximate surface area is 101 Å². The summed E-state index contributed by atoms with van der Waals surface area (Å²) < 4.78 is 0. The second-order valence-electron chi connectivity index (χ2n) is 5.71. The standard InChI is InChI=1S/C14H29NO/c1-4-5-6-7-10-13(16)14(2,3)15-11-8-9-12-15/h13,16H,4-12H2,1-3H3. The molecule has 1 aliphatic rings. The van der Waals surface area contributed by atoms with Crippen LogP contribution in [0.4, 0.5) is 0 Å². The van der Waals surface area contributed by atoms with Crippen LogP contribution in [-0.4, -0.2) is 34.7 Å². The van der Waals surface area contributed by atoms with Gasteiger partial charge in [-0.2, -0.15) is 0 Å². The van der Waals surface area contributed by atoms with Crippen LogP contribution in [-0.2, 0) is 0 Å². The van der Waals surface area contributed by atoms with E-state index in [1.54, 1.807) is 0 Å². The van der Waals surface area contributed by atoms with Crippen molar-refractivity contribution in [2.75, 3.05) is 13.1 Å². The van der Waals surface area contributed by atoms with E-state index in [2.05, 4.69) is 25.7 Å². The highest BCUT2D eigenvalue weighted by Gasteiger charge is 2.35. The zero-order valence-electron chi connectivity index (χ0n) is 11.3. The highest BCUT2D eigenvalue weighted by molar-refractivity contribution is 4.90. The normalized spacial score (nSPS) is 20.2. The fraction of sp³-hybridized carbons (Fsp3) is 1.00. The summed E-state index contributed by atoms with van der Waals surface area (Å²) in [6.07, 6.45) is 8.40. The fourth-order valence-corrected chi connectivity index (χ4v) is 2.62. The first-order valence-electron chi connectivity index (χ1n) is 7.02. The molecule has 0 amide bonds. The first-order valence-corrected chi connectivity index (χ1v) is 7.02. The third-order valence-electron chi connectivity index (χ3n) is 4.07. The Balaban J connectivity index is 2.29. The molecular weight excluding hydrogens is 198 g/mol. The Morgan fingerprint density at radius 1 is 1.12 bits per heavy atom. The predicted molar refractivity (Wildman–Crippen MR) is 69.7 cm³/mol. The number of likely N-dealkylation sites (tertiary alicyclic amines) is 1. The quantitative estimate of drug-likeness (QED) is 0.675. The molecule has 16 heavy (non-hydrogen) atoms. The Kier molecular flexibility index (Phi) is 5.77. The minimum Gasteiger partial charge on any atom is -0.391 e. The van der Waals surface area contributed by atoms with Gasteiger partial charge in [0, 0.05) is 5.54 Å². The molecule has 2 nitrogen and oxygen atoms in total. The van der Waals surface area contributed by atoms with Crippen molar-refractivity contribution in [3.05, 3.63) is 0 Å². The highest BCUT2D eigenvalue weighted by Crippen LogP contribution is 2.26. The number of rotatable bonds is 7. The topological polar surface area (TPSA) is 23.5 Å². The molecule has 0 aliphatic carbocycles. The lowest BCUT2D eigenvalue weighted by molar-refractivity contribution is -0.00321. The van der Waals surface area contributed by atoms with E-state index in [1.165, 1.54) is 51.6 Å². The molecule has 1 N–H and O–H groups in total. The van der Waals surface area contributed by atoms with E-state index in [4.69, 9.17) is 0 Å². The fourth-order valence-electron chi connectivity index (χ4n) is 2.62. The van der Waals surface area contributed by atoms with E-state index >= 15 is 0 Å². The molecular formula is C14H29NO. The first-order chi connectivity index (χ1) is 7.59. The van der Waals surface area contributed by atoms with E-state index in [-0.39, 0.29) is 11.6 Å². The van der Waals surface area contributed by atoms with Crippen LogP contribution < -0.4 is 0 Å². The summed E-state index contributed by atoms with van der Waals surface area (Å²) in [6.45, 7) is 8.95. The number of unbranched alkanes of at least 4 members (excludes halogenated alkanes) is 3. The summed E-state index contributed by atoms with van der Waals surface area (Å²) in [5.74, 6) is 0. The molecule has 1 unspecified atom stereocenters. The zero-order valence-corrected chi connectivity index (χ0v) is 11.3. The van der Waals surface area contributed by atoms with Gasteiger partial charge in [-0.25, -0.2) is 0 Å². The van der Waals surface area contributed by atoms with E-state index in [0.717, 1.165) is 6.42 Å². The van der Waals surface area contributed by atoms with E-state index < -0.39 is 0 Å². The molecule has 2 heteroatoms. The van der Waals surface area contributed by atoms with E-state index in [1.807, 2.05) is 0 Å². The maximum atomic E-state index is 10.3. The van der Waals surface area contributed by atoms with Crippen molar-refractivity contribution in [2.24, 2.45) is 0 Å². The molecule has 1 rings (SSSR count). The van der Waals surface area contributed by atoms with Crippen LogP contribution >= 0.6 is 0 Å². The van der Waals surface area contributed by atoms with Crippen LogP contribution in [0, 0.1) is 0 Å². The second kappa shape index (κ2) is 6.61. The molecule has 0 aromatic rings. The Morgan fingerprint density at radius 3 is 2.31 bits per heavy atom. The third-order valence-corrected chi connectivity index (χ3v) is 4.07. The van der Waals surface area contributed by atoms with Gasteiger partial charge in [0.15, 0.2) is 0 Å². The van der Waals surface area contributed by atoms with Crippen molar-refractivity contribution in [1.82, 2.24) is 4.90 Å². The number of hydrogen-bond donors (Lipinski definition) is 1. The maximum Gasteiger partial charge on any atom is 0.0718 e. The van der Waals surface area contributed by atoms with Crippen LogP contribution in [0.2, 0.25) is 0 Å². The number of aliphatic hydroxyl groups is 1. The molecule has 1 aliphatic heterocycles. The molecule has 0 aromatic heterocycles. The lowest BCUT2D eigenvalue weighted by atomic mass is 9.91. The van der Waals surface area contributed by atoms with Crippen molar-refractivity contribution in [1.29, 1.82) is 0 Å². The SMILES string of the molecule is CCCCCCC(O)C(C)(C)N1CCCC1. The highest BCUT2D eigenvalue weighted by atomic mass is 16.3. The minimum absolute atomic E-state index is 0.0251. The molecule has 0 bridgehead atoms. The van der Waals surface area contributed by atoms with Crippen LogP contribution in [0.3, 0.4) is 0 Å². The monoisotopic (exact) mass is 227 g/mol. The average molecular weight is 227 g/mol. The Bertz CT molecular complexity index is 185. The van der Waals surface area contributed by atoms with Gasteiger partial charge < -0.3 is 5.11 Å². The largest absolute Gasteiger partial charge is 0.391 e. The van der Waals surface area contributed by atoms with Crippen LogP contribution in [0.25, 0.3) is 0 Å². The predicted octanol–water partition coefficient (Wildman–Crippen LogP) is 3.19. The van der Waals surface area contributed by atoms with Gasteiger partial charge in [-0.15, -0.1) is 0 Å². The summed E-state index contributed by atoms with van der Waals surface area (Å²) in [4.78, 5) is 2.46. The summed E-state index contributed by atoms with van der Waals surface area (Å²) in [5.41, 5.74) is -0.0251. The molecule has 0 spiro atoms. The van der Waals surface area contributed by atoms with Gasteiger partial charge in [0.05, 0.1) is 6.10 Å². The summed E-state index contributed by atoms with van der Waals surface area (Å²) >= 11 is 0. The summed E-state index contributed by atoms with van der Waals surface area (Å²) in [6, 6.07) is 0. The van der Waals surface area contributed by atoms with Gasteiger partial charge >= 0.3 is 0 Å². The smallest absolute Gasteiger partial charge is 0.0718 e. The van der Waals surface area contributed by atoms with Gasteiger partial charge in [-0.05, 0) is 46.2 Å². The van der Waals surface area contributed by atoms with Gasteiger partial charge in [-0.1, -0.05) is 32.6 Å². The van der Waals surface area contributed by atoms with Gasteiger partial charge in [-0.3, -0.25) is 4.90 Å². The van der Waals surface area contributed by atoms with Crippen molar-refractivity contribution in [2.45, 2.75) is 77.4 Å². The maximum absolute atomic E-state index is 10.3. The minimum atomic E-state index is -0.164. The average Bonchev–Trinajstić information content (AvgIpc) is 2.77. The summed E-state index contributed by atoms with van der Waals surface area (Å²) in [7, 11) is 0. The molecule has 0 saturated carbocycles. The Morgan fingerprint density at radius 2 is 1.75 bits per heavy atom. The lowest BCUT2D eigenvalue weighted by Gasteiger charge is -2.39. The van der Waals surface area contributed by atoms with Crippen molar-refractivity contribution < 1.29 is 5.11 Å². The lowest BCUT2D eigenvalue weighted by Crippen LogP contribution is -2.51. The Hall–Kier alpha value is -0.0800. The molecule has 1 heterocycles.